The van der Waals surface area contributed by atoms with Crippen LogP contribution >= 0.6 is 11.8 Å². The second-order valence-corrected chi connectivity index (χ2v) is 5.43. The Morgan fingerprint density at radius 1 is 1.45 bits per heavy atom. The number of benzene rings is 1. The van der Waals surface area contributed by atoms with Gasteiger partial charge in [0.1, 0.15) is 5.56 Å². The van der Waals surface area contributed by atoms with Crippen molar-refractivity contribution >= 4 is 29.2 Å². The number of ether oxygens (including phenoxy) is 1. The average Bonchev–Trinajstić information content (AvgIpc) is 2.99. The fraction of sp³-hybridized carbons (Fsp3) is 0.231. The van der Waals surface area contributed by atoms with E-state index in [0.29, 0.717) is 12.2 Å². The van der Waals surface area contributed by atoms with E-state index < -0.39 is 39.2 Å². The van der Waals surface area contributed by atoms with E-state index in [1.807, 2.05) is 0 Å². The van der Waals surface area contributed by atoms with E-state index in [4.69, 9.17) is 4.74 Å². The summed E-state index contributed by atoms with van der Waals surface area (Å²) in [5, 5.41) is 30.4. The van der Waals surface area contributed by atoms with E-state index in [0.717, 1.165) is 13.2 Å². The Morgan fingerprint density at radius 3 is 2.59 bits per heavy atom. The van der Waals surface area contributed by atoms with Crippen LogP contribution in [-0.4, -0.2) is 39.8 Å². The highest BCUT2D eigenvalue weighted by molar-refractivity contribution is 8.04. The molecule has 0 atom stereocenters. The number of ketones is 1. The summed E-state index contributed by atoms with van der Waals surface area (Å²) in [6, 6.07) is 0.901. The maximum Gasteiger partial charge on any atom is 0.336 e. The standard InChI is InChI=1S/C13H11NO7S/c1-21-7-5-6(13(17)18)9(10(11(7)15)14(19)20)12(16)8-3-2-4-22-8/h3,5,15H,2,4H2,1H3,(H,17,18). The van der Waals surface area contributed by atoms with Gasteiger partial charge in [-0.3, -0.25) is 14.9 Å². The molecule has 0 unspecified atom stereocenters. The van der Waals surface area contributed by atoms with Crippen molar-refractivity contribution in [1.29, 1.82) is 0 Å². The minimum absolute atomic E-state index is 0.232. The Balaban J connectivity index is 2.78. The van der Waals surface area contributed by atoms with E-state index in [-0.39, 0.29) is 10.7 Å². The van der Waals surface area contributed by atoms with Gasteiger partial charge in [-0.05, 0) is 12.5 Å². The fourth-order valence-electron chi connectivity index (χ4n) is 2.07. The number of hydrogen-bond acceptors (Lipinski definition) is 7. The van der Waals surface area contributed by atoms with Crippen molar-refractivity contribution in [3.8, 4) is 11.5 Å². The lowest BCUT2D eigenvalue weighted by Crippen LogP contribution is -2.13. The number of methoxy groups -OCH3 is 1. The van der Waals surface area contributed by atoms with E-state index >= 15 is 0 Å². The molecule has 0 aliphatic carbocycles. The van der Waals surface area contributed by atoms with E-state index in [1.54, 1.807) is 6.08 Å². The number of phenols is 1. The lowest BCUT2D eigenvalue weighted by molar-refractivity contribution is -0.386. The number of carboxylic acids is 1. The number of carbonyl (C=O) groups excluding carboxylic acids is 1. The highest BCUT2D eigenvalue weighted by atomic mass is 32.2. The maximum atomic E-state index is 12.4. The number of thioether (sulfide) groups is 1. The normalized spacial score (nSPS) is 13.6. The summed E-state index contributed by atoms with van der Waals surface area (Å²) in [5.41, 5.74) is -2.19. The van der Waals surface area contributed by atoms with Gasteiger partial charge in [0.25, 0.3) is 0 Å². The molecule has 0 saturated heterocycles. The van der Waals surface area contributed by atoms with Crippen molar-refractivity contribution in [3.05, 3.63) is 38.3 Å². The third kappa shape index (κ3) is 2.62. The van der Waals surface area contributed by atoms with Crippen molar-refractivity contribution in [2.75, 3.05) is 12.9 Å². The number of carboxylic acid groups (broad SMARTS) is 1. The molecule has 9 heteroatoms. The van der Waals surface area contributed by atoms with Gasteiger partial charge in [0.15, 0.2) is 5.75 Å². The highest BCUT2D eigenvalue weighted by Gasteiger charge is 2.35. The van der Waals surface area contributed by atoms with Crippen molar-refractivity contribution < 1.29 is 29.5 Å². The monoisotopic (exact) mass is 325 g/mol. The zero-order valence-corrected chi connectivity index (χ0v) is 12.2. The molecule has 8 nitrogen and oxygen atoms in total. The van der Waals surface area contributed by atoms with Crippen LogP contribution < -0.4 is 4.74 Å². The van der Waals surface area contributed by atoms with Gasteiger partial charge in [0.2, 0.25) is 11.5 Å². The van der Waals surface area contributed by atoms with Crippen LogP contribution in [0.1, 0.15) is 27.1 Å². The molecule has 0 spiro atoms. The zero-order chi connectivity index (χ0) is 16.4. The molecule has 0 bridgehead atoms. The molecule has 1 aliphatic rings. The first-order chi connectivity index (χ1) is 10.4. The molecule has 0 saturated carbocycles. The molecular weight excluding hydrogens is 314 g/mol. The number of aromatic carboxylic acids is 1. The van der Waals surface area contributed by atoms with Gasteiger partial charge in [-0.25, -0.2) is 4.79 Å². The van der Waals surface area contributed by atoms with Crippen LogP contribution in [0.5, 0.6) is 11.5 Å². The smallest absolute Gasteiger partial charge is 0.336 e. The minimum atomic E-state index is -1.52. The lowest BCUT2D eigenvalue weighted by atomic mass is 9.99. The number of nitrogens with zero attached hydrogens (tertiary/aromatic N) is 1. The predicted molar refractivity (Wildman–Crippen MR) is 77.8 cm³/mol. The molecule has 0 fully saturated rings. The topological polar surface area (TPSA) is 127 Å². The van der Waals surface area contributed by atoms with Gasteiger partial charge in [-0.2, -0.15) is 0 Å². The highest BCUT2D eigenvalue weighted by Crippen LogP contribution is 2.43. The van der Waals surface area contributed by atoms with Gasteiger partial charge in [0.05, 0.1) is 22.5 Å². The van der Waals surface area contributed by atoms with E-state index in [2.05, 4.69) is 0 Å². The molecule has 0 aromatic heterocycles. The van der Waals surface area contributed by atoms with Crippen molar-refractivity contribution in [1.82, 2.24) is 0 Å². The molecule has 0 radical (unpaired) electrons. The molecule has 22 heavy (non-hydrogen) atoms. The number of aromatic hydroxyl groups is 1. The number of rotatable bonds is 5. The summed E-state index contributed by atoms with van der Waals surface area (Å²) in [5.74, 6) is -2.92. The van der Waals surface area contributed by atoms with Crippen LogP contribution in [0.25, 0.3) is 0 Å². The van der Waals surface area contributed by atoms with Gasteiger partial charge < -0.3 is 14.9 Å². The fourth-order valence-corrected chi connectivity index (χ4v) is 2.99. The SMILES string of the molecule is COc1cc(C(=O)O)c(C(=O)C2=CCCS2)c([N+](=O)[O-])c1O. The second kappa shape index (κ2) is 6.06. The number of Topliss-reactive ketones (excluding diaryl/α,β-unsaturated/α-hetero) is 1. The molecule has 1 aromatic rings. The number of phenolic OH excluding ortho intramolecular Hbond substituents is 1. The molecule has 2 N–H and O–H groups in total. The van der Waals surface area contributed by atoms with Crippen molar-refractivity contribution in [2.45, 2.75) is 6.42 Å². The molecule has 2 rings (SSSR count). The van der Waals surface area contributed by atoms with Gasteiger partial charge in [-0.15, -0.1) is 11.8 Å². The van der Waals surface area contributed by atoms with Crippen molar-refractivity contribution in [3.63, 3.8) is 0 Å². The molecular formula is C13H11NO7S. The van der Waals surface area contributed by atoms with Gasteiger partial charge in [0, 0.05) is 5.75 Å². The summed E-state index contributed by atoms with van der Waals surface area (Å²) in [6.45, 7) is 0. The third-order valence-electron chi connectivity index (χ3n) is 3.03. The van der Waals surface area contributed by atoms with Gasteiger partial charge in [-0.1, -0.05) is 6.08 Å². The summed E-state index contributed by atoms with van der Waals surface area (Å²) < 4.78 is 4.74. The molecule has 1 aromatic carbocycles. The third-order valence-corrected chi connectivity index (χ3v) is 4.13. The minimum Gasteiger partial charge on any atom is -0.499 e. The largest absolute Gasteiger partial charge is 0.499 e. The molecule has 0 amide bonds. The number of hydrogen-bond donors (Lipinski definition) is 2. The average molecular weight is 325 g/mol. The molecule has 116 valence electrons. The van der Waals surface area contributed by atoms with Crippen LogP contribution in [0, 0.1) is 10.1 Å². The molecule has 1 heterocycles. The molecule has 1 aliphatic heterocycles. The number of allylic oxidation sites excluding steroid dienone is 2. The maximum absolute atomic E-state index is 12.4. The lowest BCUT2D eigenvalue weighted by Gasteiger charge is -2.11. The Hall–Kier alpha value is -2.55. The van der Waals surface area contributed by atoms with Crippen LogP contribution in [0.15, 0.2) is 17.0 Å². The summed E-state index contributed by atoms with van der Waals surface area (Å²) in [4.78, 5) is 34.3. The summed E-state index contributed by atoms with van der Waals surface area (Å²) >= 11 is 1.19. The quantitative estimate of drug-likeness (QED) is 0.479. The first-order valence-electron chi connectivity index (χ1n) is 6.07. The van der Waals surface area contributed by atoms with Crippen LogP contribution in [0.4, 0.5) is 5.69 Å². The van der Waals surface area contributed by atoms with E-state index in [1.165, 1.54) is 11.8 Å². The van der Waals surface area contributed by atoms with Crippen LogP contribution in [0.2, 0.25) is 0 Å². The Kier molecular flexibility index (Phi) is 4.36. The Labute approximate surface area is 128 Å². The summed E-state index contributed by atoms with van der Waals surface area (Å²) in [6.07, 6.45) is 2.20. The van der Waals surface area contributed by atoms with E-state index in [9.17, 15) is 29.9 Å². The zero-order valence-electron chi connectivity index (χ0n) is 11.4. The predicted octanol–water partition coefficient (Wildman–Crippen LogP) is 2.21. The number of nitro groups is 1. The van der Waals surface area contributed by atoms with Crippen LogP contribution in [0.3, 0.4) is 0 Å². The first kappa shape index (κ1) is 15.8. The van der Waals surface area contributed by atoms with Crippen LogP contribution in [-0.2, 0) is 0 Å². The van der Waals surface area contributed by atoms with Crippen molar-refractivity contribution in [2.24, 2.45) is 0 Å². The number of nitro benzene ring substituents is 1. The Bertz CT molecular complexity index is 711. The first-order valence-corrected chi connectivity index (χ1v) is 7.06. The number of carbonyl (C=O) groups is 2. The Morgan fingerprint density at radius 2 is 2.14 bits per heavy atom. The second-order valence-electron chi connectivity index (χ2n) is 4.30. The van der Waals surface area contributed by atoms with Gasteiger partial charge >= 0.3 is 11.7 Å². The summed E-state index contributed by atoms with van der Waals surface area (Å²) in [7, 11) is 1.13.